The minimum atomic E-state index is -0.340. The van der Waals surface area contributed by atoms with Crippen LogP contribution in [0.15, 0.2) is 47.4 Å². The fourth-order valence-electron chi connectivity index (χ4n) is 3.21. The second kappa shape index (κ2) is 8.74. The number of imide groups is 1. The lowest BCUT2D eigenvalue weighted by molar-refractivity contribution is -0.119. The van der Waals surface area contributed by atoms with Crippen LogP contribution in [0.4, 0.5) is 5.69 Å². The van der Waals surface area contributed by atoms with Gasteiger partial charge in [0.15, 0.2) is 0 Å². The molecular formula is C23H25NO4S. The van der Waals surface area contributed by atoms with Gasteiger partial charge in [0.05, 0.1) is 29.4 Å². The van der Waals surface area contributed by atoms with Gasteiger partial charge >= 0.3 is 0 Å². The lowest BCUT2D eigenvalue weighted by Gasteiger charge is -2.19. The molecule has 2 amide bonds. The van der Waals surface area contributed by atoms with Crippen LogP contribution < -0.4 is 14.4 Å². The van der Waals surface area contributed by atoms with E-state index in [-0.39, 0.29) is 17.9 Å². The van der Waals surface area contributed by atoms with Crippen LogP contribution in [0.5, 0.6) is 11.5 Å². The van der Waals surface area contributed by atoms with Crippen LogP contribution >= 0.6 is 11.8 Å². The number of rotatable bonds is 7. The number of anilines is 1. The van der Waals surface area contributed by atoms with Gasteiger partial charge in [0.2, 0.25) is 0 Å². The van der Waals surface area contributed by atoms with Crippen LogP contribution in [0, 0.1) is 6.92 Å². The number of aryl methyl sites for hydroxylation is 1. The molecule has 1 heterocycles. The number of hydrogen-bond donors (Lipinski definition) is 0. The van der Waals surface area contributed by atoms with Crippen LogP contribution in [0.2, 0.25) is 0 Å². The molecule has 1 aliphatic rings. The molecular weight excluding hydrogens is 386 g/mol. The molecule has 1 aliphatic heterocycles. The summed E-state index contributed by atoms with van der Waals surface area (Å²) in [5, 5.41) is 0. The molecule has 152 valence electrons. The molecule has 0 spiro atoms. The Labute approximate surface area is 175 Å². The molecule has 0 saturated heterocycles. The molecule has 0 unspecified atom stereocenters. The van der Waals surface area contributed by atoms with Gasteiger partial charge in [0.25, 0.3) is 11.8 Å². The average Bonchev–Trinajstić information content (AvgIpc) is 2.92. The Morgan fingerprint density at radius 2 is 1.72 bits per heavy atom. The lowest BCUT2D eigenvalue weighted by atomic mass is 10.1. The third kappa shape index (κ3) is 4.17. The summed E-state index contributed by atoms with van der Waals surface area (Å²) in [4.78, 5) is 28.3. The van der Waals surface area contributed by atoms with Gasteiger partial charge in [-0.25, -0.2) is 4.90 Å². The molecule has 0 radical (unpaired) electrons. The summed E-state index contributed by atoms with van der Waals surface area (Å²) in [6.45, 7) is 7.79. The SMILES string of the molecule is CCSC1=C(c2ccc(OC(C)C)cc2)C(=O)N(c2cc(C)ccc2OC)C1=O. The monoisotopic (exact) mass is 411 g/mol. The minimum Gasteiger partial charge on any atom is -0.495 e. The maximum Gasteiger partial charge on any atom is 0.272 e. The first-order valence-corrected chi connectivity index (χ1v) is 10.5. The van der Waals surface area contributed by atoms with E-state index in [1.54, 1.807) is 12.1 Å². The van der Waals surface area contributed by atoms with Crippen LogP contribution in [-0.4, -0.2) is 30.8 Å². The maximum absolute atomic E-state index is 13.4. The summed E-state index contributed by atoms with van der Waals surface area (Å²) in [5.74, 6) is 1.24. The van der Waals surface area contributed by atoms with Crippen molar-refractivity contribution in [3.05, 3.63) is 58.5 Å². The predicted molar refractivity (Wildman–Crippen MR) is 117 cm³/mol. The van der Waals surface area contributed by atoms with Crippen molar-refractivity contribution in [1.82, 2.24) is 0 Å². The summed E-state index contributed by atoms with van der Waals surface area (Å²) in [7, 11) is 1.53. The van der Waals surface area contributed by atoms with Crippen molar-refractivity contribution in [1.29, 1.82) is 0 Å². The normalized spacial score (nSPS) is 14.2. The molecule has 0 fully saturated rings. The van der Waals surface area contributed by atoms with Gasteiger partial charge in [-0.2, -0.15) is 0 Å². The van der Waals surface area contributed by atoms with Gasteiger partial charge < -0.3 is 9.47 Å². The largest absolute Gasteiger partial charge is 0.495 e. The molecule has 0 saturated carbocycles. The Balaban J connectivity index is 2.05. The molecule has 0 N–H and O–H groups in total. The Morgan fingerprint density at radius 3 is 2.31 bits per heavy atom. The number of methoxy groups -OCH3 is 1. The summed E-state index contributed by atoms with van der Waals surface area (Å²) >= 11 is 1.38. The maximum atomic E-state index is 13.4. The summed E-state index contributed by atoms with van der Waals surface area (Å²) < 4.78 is 11.1. The Bertz CT molecular complexity index is 963. The third-order valence-electron chi connectivity index (χ3n) is 4.42. The molecule has 0 aromatic heterocycles. The zero-order chi connectivity index (χ0) is 21.1. The van der Waals surface area contributed by atoms with Crippen molar-refractivity contribution in [2.24, 2.45) is 0 Å². The number of thioether (sulfide) groups is 1. The van der Waals surface area contributed by atoms with Gasteiger partial charge in [0.1, 0.15) is 11.5 Å². The van der Waals surface area contributed by atoms with E-state index in [0.717, 1.165) is 11.3 Å². The van der Waals surface area contributed by atoms with E-state index in [9.17, 15) is 9.59 Å². The molecule has 2 aromatic rings. The van der Waals surface area contributed by atoms with Crippen LogP contribution in [0.25, 0.3) is 5.57 Å². The van der Waals surface area contributed by atoms with Crippen molar-refractivity contribution >= 4 is 34.8 Å². The van der Waals surface area contributed by atoms with E-state index < -0.39 is 0 Å². The third-order valence-corrected chi connectivity index (χ3v) is 5.38. The molecule has 5 nitrogen and oxygen atoms in total. The lowest BCUT2D eigenvalue weighted by Crippen LogP contribution is -2.31. The highest BCUT2D eigenvalue weighted by molar-refractivity contribution is 8.04. The zero-order valence-electron chi connectivity index (χ0n) is 17.3. The van der Waals surface area contributed by atoms with Crippen LogP contribution in [0.3, 0.4) is 0 Å². The van der Waals surface area contributed by atoms with Crippen LogP contribution in [0.1, 0.15) is 31.9 Å². The molecule has 29 heavy (non-hydrogen) atoms. The first-order valence-electron chi connectivity index (χ1n) is 9.55. The number of hydrogen-bond acceptors (Lipinski definition) is 5. The predicted octanol–water partition coefficient (Wildman–Crippen LogP) is 4.83. The van der Waals surface area contributed by atoms with Crippen LogP contribution in [-0.2, 0) is 9.59 Å². The summed E-state index contributed by atoms with van der Waals surface area (Å²) in [6.07, 6.45) is 0.0604. The molecule has 2 aromatic carbocycles. The first kappa shape index (κ1) is 21.0. The fraction of sp³-hybridized carbons (Fsp3) is 0.304. The topological polar surface area (TPSA) is 55.8 Å². The summed E-state index contributed by atoms with van der Waals surface area (Å²) in [5.41, 5.74) is 2.52. The van der Waals surface area contributed by atoms with E-state index in [4.69, 9.17) is 9.47 Å². The molecule has 6 heteroatoms. The number of nitrogens with zero attached hydrogens (tertiary/aromatic N) is 1. The summed E-state index contributed by atoms with van der Waals surface area (Å²) in [6, 6.07) is 12.8. The number of benzene rings is 2. The van der Waals surface area contributed by atoms with E-state index in [0.29, 0.717) is 33.2 Å². The minimum absolute atomic E-state index is 0.0604. The van der Waals surface area contributed by atoms with E-state index in [1.165, 1.54) is 23.8 Å². The fourth-order valence-corrected chi connectivity index (χ4v) is 4.06. The van der Waals surface area contributed by atoms with E-state index in [1.807, 2.05) is 58.0 Å². The van der Waals surface area contributed by atoms with Crippen molar-refractivity contribution in [3.8, 4) is 11.5 Å². The standard InChI is InChI=1S/C23H25NO4S/c1-6-29-21-20(16-8-10-17(11-9-16)28-14(2)3)22(25)24(23(21)26)18-13-15(4)7-12-19(18)27-5/h7-14H,6H2,1-5H3. The Kier molecular flexibility index (Phi) is 6.33. The zero-order valence-corrected chi connectivity index (χ0v) is 18.1. The quantitative estimate of drug-likeness (QED) is 0.611. The van der Waals surface area contributed by atoms with E-state index in [2.05, 4.69) is 0 Å². The van der Waals surface area contributed by atoms with Gasteiger partial charge in [-0.15, -0.1) is 11.8 Å². The van der Waals surface area contributed by atoms with Gasteiger partial charge in [-0.3, -0.25) is 9.59 Å². The molecule has 0 atom stereocenters. The Morgan fingerprint density at radius 1 is 1.03 bits per heavy atom. The average molecular weight is 412 g/mol. The molecule has 0 bridgehead atoms. The number of carbonyl (C=O) groups is 2. The number of amides is 2. The molecule has 3 rings (SSSR count). The van der Waals surface area contributed by atoms with Crippen molar-refractivity contribution in [3.63, 3.8) is 0 Å². The smallest absolute Gasteiger partial charge is 0.272 e. The highest BCUT2D eigenvalue weighted by Crippen LogP contribution is 2.41. The van der Waals surface area contributed by atoms with Crippen molar-refractivity contribution < 1.29 is 19.1 Å². The van der Waals surface area contributed by atoms with Crippen molar-refractivity contribution in [2.45, 2.75) is 33.8 Å². The van der Waals surface area contributed by atoms with E-state index >= 15 is 0 Å². The second-order valence-corrected chi connectivity index (χ2v) is 8.22. The highest BCUT2D eigenvalue weighted by Gasteiger charge is 2.41. The number of carbonyl (C=O) groups excluding carboxylic acids is 2. The number of ether oxygens (including phenoxy) is 2. The molecule has 0 aliphatic carbocycles. The highest BCUT2D eigenvalue weighted by atomic mass is 32.2. The van der Waals surface area contributed by atoms with Crippen molar-refractivity contribution in [2.75, 3.05) is 17.8 Å². The van der Waals surface area contributed by atoms with Gasteiger partial charge in [-0.1, -0.05) is 25.1 Å². The Hall–Kier alpha value is -2.73. The second-order valence-electron chi connectivity index (χ2n) is 6.95. The first-order chi connectivity index (χ1) is 13.9. The van der Waals surface area contributed by atoms with Gasteiger partial charge in [0, 0.05) is 0 Å². The van der Waals surface area contributed by atoms with Gasteiger partial charge in [-0.05, 0) is 61.9 Å².